The maximum atomic E-state index is 12.6. The monoisotopic (exact) mass is 381 g/mol. The Kier molecular flexibility index (Phi) is 6.27. The lowest BCUT2D eigenvalue weighted by atomic mass is 10.2. The van der Waals surface area contributed by atoms with Gasteiger partial charge in [0.25, 0.3) is 5.91 Å². The number of carbonyl (C=O) groups excluding carboxylic acids is 1. The largest absolute Gasteiger partial charge is 0.493 e. The number of anilines is 1. The van der Waals surface area contributed by atoms with Crippen molar-refractivity contribution in [2.24, 2.45) is 0 Å². The van der Waals surface area contributed by atoms with E-state index in [0.717, 1.165) is 10.1 Å². The highest BCUT2D eigenvalue weighted by Gasteiger charge is 2.12. The van der Waals surface area contributed by atoms with Crippen LogP contribution in [0.2, 0.25) is 0 Å². The van der Waals surface area contributed by atoms with Crippen LogP contribution >= 0.6 is 11.8 Å². The Labute approximate surface area is 162 Å². The van der Waals surface area contributed by atoms with Gasteiger partial charge in [0.2, 0.25) is 0 Å². The van der Waals surface area contributed by atoms with Gasteiger partial charge in [-0.2, -0.15) is 0 Å². The molecule has 6 nitrogen and oxygen atoms in total. The van der Waals surface area contributed by atoms with Crippen LogP contribution in [0, 0.1) is 0 Å². The first kappa shape index (κ1) is 18.7. The molecule has 0 bridgehead atoms. The van der Waals surface area contributed by atoms with E-state index in [4.69, 9.17) is 9.47 Å². The van der Waals surface area contributed by atoms with Crippen molar-refractivity contribution < 1.29 is 14.3 Å². The van der Waals surface area contributed by atoms with Crippen molar-refractivity contribution in [1.82, 2.24) is 9.97 Å². The summed E-state index contributed by atoms with van der Waals surface area (Å²) in [6.07, 6.45) is 3.38. The standard InChI is InChI=1S/C20H19N3O3S/c1-3-26-16-8-7-14(12-17(16)25-2)20(24)23-15-9-11-22-19(13-15)27-18-6-4-5-10-21-18/h4-13H,3H2,1-2H3,(H,22,23,24). The van der Waals surface area contributed by atoms with Gasteiger partial charge in [0.15, 0.2) is 11.5 Å². The summed E-state index contributed by atoms with van der Waals surface area (Å²) < 4.78 is 10.8. The number of aromatic nitrogens is 2. The summed E-state index contributed by atoms with van der Waals surface area (Å²) in [6, 6.07) is 14.3. The predicted octanol–water partition coefficient (Wildman–Crippen LogP) is 4.29. The molecule has 0 saturated carbocycles. The van der Waals surface area contributed by atoms with Gasteiger partial charge in [-0.25, -0.2) is 9.97 Å². The number of hydrogen-bond donors (Lipinski definition) is 1. The van der Waals surface area contributed by atoms with E-state index in [1.807, 2.05) is 31.2 Å². The number of methoxy groups -OCH3 is 1. The zero-order valence-electron chi connectivity index (χ0n) is 15.0. The van der Waals surface area contributed by atoms with Gasteiger partial charge in [0.05, 0.1) is 13.7 Å². The van der Waals surface area contributed by atoms with Crippen molar-refractivity contribution in [2.75, 3.05) is 19.0 Å². The van der Waals surface area contributed by atoms with Crippen molar-refractivity contribution in [3.63, 3.8) is 0 Å². The summed E-state index contributed by atoms with van der Waals surface area (Å²) in [5, 5.41) is 4.46. The molecule has 1 aromatic carbocycles. The number of pyridine rings is 2. The first-order valence-electron chi connectivity index (χ1n) is 8.36. The van der Waals surface area contributed by atoms with Crippen LogP contribution in [0.5, 0.6) is 11.5 Å². The third-order valence-electron chi connectivity index (χ3n) is 3.57. The Hall–Kier alpha value is -3.06. The quantitative estimate of drug-likeness (QED) is 0.658. The molecule has 0 saturated heterocycles. The average Bonchev–Trinajstić information content (AvgIpc) is 2.69. The second-order valence-electron chi connectivity index (χ2n) is 5.41. The summed E-state index contributed by atoms with van der Waals surface area (Å²) in [7, 11) is 1.55. The van der Waals surface area contributed by atoms with Crippen LogP contribution in [0.3, 0.4) is 0 Å². The molecule has 138 valence electrons. The molecule has 1 amide bonds. The lowest BCUT2D eigenvalue weighted by Gasteiger charge is -2.11. The normalized spacial score (nSPS) is 10.3. The average molecular weight is 381 g/mol. The highest BCUT2D eigenvalue weighted by Crippen LogP contribution is 2.29. The molecular formula is C20H19N3O3S. The van der Waals surface area contributed by atoms with Gasteiger partial charge < -0.3 is 14.8 Å². The lowest BCUT2D eigenvalue weighted by molar-refractivity contribution is 0.102. The highest BCUT2D eigenvalue weighted by atomic mass is 32.2. The fourth-order valence-corrected chi connectivity index (χ4v) is 3.12. The van der Waals surface area contributed by atoms with Crippen LogP contribution in [0.25, 0.3) is 0 Å². The van der Waals surface area contributed by atoms with Crippen molar-refractivity contribution in [3.05, 3.63) is 66.5 Å². The van der Waals surface area contributed by atoms with E-state index in [1.54, 1.807) is 43.8 Å². The van der Waals surface area contributed by atoms with Gasteiger partial charge in [0.1, 0.15) is 10.1 Å². The number of nitrogens with one attached hydrogen (secondary N) is 1. The number of ether oxygens (including phenoxy) is 2. The third kappa shape index (κ3) is 4.98. The summed E-state index contributed by atoms with van der Waals surface area (Å²) >= 11 is 1.43. The second-order valence-corrected chi connectivity index (χ2v) is 6.45. The van der Waals surface area contributed by atoms with E-state index < -0.39 is 0 Å². The molecule has 0 atom stereocenters. The SMILES string of the molecule is CCOc1ccc(C(=O)Nc2ccnc(Sc3ccccn3)c2)cc1OC. The first-order chi connectivity index (χ1) is 13.2. The van der Waals surface area contributed by atoms with Gasteiger partial charge >= 0.3 is 0 Å². The van der Waals surface area contributed by atoms with E-state index in [2.05, 4.69) is 15.3 Å². The molecule has 0 radical (unpaired) electrons. The van der Waals surface area contributed by atoms with E-state index in [0.29, 0.717) is 29.4 Å². The van der Waals surface area contributed by atoms with Gasteiger partial charge in [-0.15, -0.1) is 0 Å². The molecule has 0 aliphatic heterocycles. The zero-order valence-corrected chi connectivity index (χ0v) is 15.8. The Balaban J connectivity index is 1.73. The van der Waals surface area contributed by atoms with Crippen LogP contribution in [-0.4, -0.2) is 29.6 Å². The topological polar surface area (TPSA) is 73.3 Å². The minimum Gasteiger partial charge on any atom is -0.493 e. The van der Waals surface area contributed by atoms with Crippen molar-refractivity contribution in [1.29, 1.82) is 0 Å². The lowest BCUT2D eigenvalue weighted by Crippen LogP contribution is -2.12. The van der Waals surface area contributed by atoms with Crippen LogP contribution in [0.4, 0.5) is 5.69 Å². The molecule has 0 spiro atoms. The Morgan fingerprint density at radius 1 is 1.04 bits per heavy atom. The highest BCUT2D eigenvalue weighted by molar-refractivity contribution is 7.99. The number of rotatable bonds is 7. The number of benzene rings is 1. The van der Waals surface area contributed by atoms with Gasteiger partial charge in [-0.1, -0.05) is 17.8 Å². The number of carbonyl (C=O) groups is 1. The molecule has 7 heteroatoms. The molecule has 2 heterocycles. The van der Waals surface area contributed by atoms with Crippen LogP contribution in [0.1, 0.15) is 17.3 Å². The van der Waals surface area contributed by atoms with Gasteiger partial charge in [-0.05, 0) is 49.4 Å². The van der Waals surface area contributed by atoms with Gasteiger partial charge in [-0.3, -0.25) is 4.79 Å². The molecule has 3 aromatic rings. The molecule has 27 heavy (non-hydrogen) atoms. The molecule has 2 aromatic heterocycles. The van der Waals surface area contributed by atoms with E-state index in [-0.39, 0.29) is 5.91 Å². The first-order valence-corrected chi connectivity index (χ1v) is 9.18. The maximum absolute atomic E-state index is 12.6. The number of hydrogen-bond acceptors (Lipinski definition) is 6. The molecule has 3 rings (SSSR count). The maximum Gasteiger partial charge on any atom is 0.255 e. The second kappa shape index (κ2) is 9.05. The fraction of sp³-hybridized carbons (Fsp3) is 0.150. The van der Waals surface area contributed by atoms with E-state index in [9.17, 15) is 4.79 Å². The Bertz CT molecular complexity index is 919. The van der Waals surface area contributed by atoms with Gasteiger partial charge in [0, 0.05) is 23.6 Å². The van der Waals surface area contributed by atoms with Crippen molar-refractivity contribution in [2.45, 2.75) is 17.0 Å². The number of nitrogens with zero attached hydrogens (tertiary/aromatic N) is 2. The minimum absolute atomic E-state index is 0.240. The Morgan fingerprint density at radius 2 is 1.89 bits per heavy atom. The van der Waals surface area contributed by atoms with Crippen LogP contribution in [0.15, 0.2) is 71.0 Å². The third-order valence-corrected chi connectivity index (χ3v) is 4.45. The molecular weight excluding hydrogens is 362 g/mol. The fourth-order valence-electron chi connectivity index (χ4n) is 2.34. The molecule has 0 fully saturated rings. The summed E-state index contributed by atoms with van der Waals surface area (Å²) in [5.41, 5.74) is 1.13. The molecule has 0 aliphatic rings. The minimum atomic E-state index is -0.240. The van der Waals surface area contributed by atoms with Crippen molar-refractivity contribution >= 4 is 23.4 Å². The summed E-state index contributed by atoms with van der Waals surface area (Å²) in [5.74, 6) is 0.886. The van der Waals surface area contributed by atoms with Crippen LogP contribution in [-0.2, 0) is 0 Å². The summed E-state index contributed by atoms with van der Waals surface area (Å²) in [4.78, 5) is 21.1. The number of amides is 1. The smallest absolute Gasteiger partial charge is 0.255 e. The van der Waals surface area contributed by atoms with E-state index in [1.165, 1.54) is 11.8 Å². The molecule has 1 N–H and O–H groups in total. The van der Waals surface area contributed by atoms with Crippen molar-refractivity contribution in [3.8, 4) is 11.5 Å². The van der Waals surface area contributed by atoms with E-state index >= 15 is 0 Å². The van der Waals surface area contributed by atoms with Crippen LogP contribution < -0.4 is 14.8 Å². The molecule has 0 unspecified atom stereocenters. The molecule has 0 aliphatic carbocycles. The predicted molar refractivity (Wildman–Crippen MR) is 105 cm³/mol. The Morgan fingerprint density at radius 3 is 2.63 bits per heavy atom. The summed E-state index contributed by atoms with van der Waals surface area (Å²) in [6.45, 7) is 2.42. The zero-order chi connectivity index (χ0) is 19.1.